The summed E-state index contributed by atoms with van der Waals surface area (Å²) >= 11 is 0. The van der Waals surface area contributed by atoms with Crippen molar-refractivity contribution in [2.75, 3.05) is 6.61 Å². The highest BCUT2D eigenvalue weighted by Crippen LogP contribution is 2.35. The van der Waals surface area contributed by atoms with Gasteiger partial charge in [0.2, 0.25) is 0 Å². The lowest BCUT2D eigenvalue weighted by Gasteiger charge is -2.24. The van der Waals surface area contributed by atoms with Crippen LogP contribution in [0.2, 0.25) is 0 Å². The molecule has 1 atom stereocenters. The smallest absolute Gasteiger partial charge is 0.254 e. The number of carbonyl (C=O) groups is 1. The monoisotopic (exact) mass is 309 g/mol. The van der Waals surface area contributed by atoms with Gasteiger partial charge in [0, 0.05) is 17.5 Å². The molecule has 2 N–H and O–H groups in total. The molecule has 0 saturated heterocycles. The number of ether oxygens (including phenoxy) is 1. The largest absolute Gasteiger partial charge is 0.490 e. The molecule has 0 bridgehead atoms. The Hall–Kier alpha value is -2.59. The molecule has 1 aliphatic rings. The van der Waals surface area contributed by atoms with E-state index in [2.05, 4.69) is 11.9 Å². The number of carbonyl (C=O) groups excluding carboxylic acids is 1. The number of rotatable bonds is 6. The Balaban J connectivity index is 1.84. The van der Waals surface area contributed by atoms with Crippen LogP contribution in [-0.2, 0) is 12.1 Å². The highest BCUT2D eigenvalue weighted by molar-refractivity contribution is 5.99. The van der Waals surface area contributed by atoms with Crippen LogP contribution in [-0.4, -0.2) is 17.6 Å². The van der Waals surface area contributed by atoms with Crippen LogP contribution in [0.4, 0.5) is 0 Å². The van der Waals surface area contributed by atoms with Crippen LogP contribution < -0.4 is 10.1 Å². The van der Waals surface area contributed by atoms with Crippen molar-refractivity contribution in [3.8, 4) is 5.75 Å². The van der Waals surface area contributed by atoms with E-state index < -0.39 is 5.72 Å². The molecule has 1 amide bonds. The molecule has 1 unspecified atom stereocenters. The third-order valence-electron chi connectivity index (χ3n) is 3.99. The second kappa shape index (κ2) is 6.26. The Morgan fingerprint density at radius 2 is 2.00 bits per heavy atom. The predicted molar refractivity (Wildman–Crippen MR) is 88.3 cm³/mol. The van der Waals surface area contributed by atoms with E-state index in [1.807, 2.05) is 30.3 Å². The Labute approximate surface area is 135 Å². The van der Waals surface area contributed by atoms with Crippen LogP contribution >= 0.6 is 0 Å². The Bertz CT molecular complexity index is 727. The summed E-state index contributed by atoms with van der Waals surface area (Å²) in [4.78, 5) is 12.1. The number of hydrogen-bond acceptors (Lipinski definition) is 3. The summed E-state index contributed by atoms with van der Waals surface area (Å²) in [7, 11) is 0. The first-order chi connectivity index (χ1) is 11.1. The molecule has 4 heteroatoms. The Morgan fingerprint density at radius 1 is 1.22 bits per heavy atom. The second-order valence-electron chi connectivity index (χ2n) is 5.61. The second-order valence-corrected chi connectivity index (χ2v) is 5.61. The van der Waals surface area contributed by atoms with Gasteiger partial charge in [-0.25, -0.2) is 0 Å². The fourth-order valence-corrected chi connectivity index (χ4v) is 2.80. The normalized spacial score (nSPS) is 19.1. The zero-order chi connectivity index (χ0) is 16.3. The Morgan fingerprint density at radius 3 is 2.74 bits per heavy atom. The molecule has 1 aliphatic heterocycles. The minimum Gasteiger partial charge on any atom is -0.490 e. The molecule has 0 spiro atoms. The minimum atomic E-state index is -1.37. The van der Waals surface area contributed by atoms with Crippen LogP contribution in [0.3, 0.4) is 0 Å². The van der Waals surface area contributed by atoms with Crippen molar-refractivity contribution in [3.05, 3.63) is 77.9 Å². The van der Waals surface area contributed by atoms with Crippen molar-refractivity contribution < 1.29 is 14.6 Å². The zero-order valence-corrected chi connectivity index (χ0v) is 12.8. The van der Waals surface area contributed by atoms with Crippen molar-refractivity contribution in [2.24, 2.45) is 0 Å². The van der Waals surface area contributed by atoms with Gasteiger partial charge in [-0.05, 0) is 30.2 Å². The van der Waals surface area contributed by atoms with Gasteiger partial charge in [0.15, 0.2) is 5.72 Å². The van der Waals surface area contributed by atoms with Gasteiger partial charge in [-0.15, -0.1) is 0 Å². The van der Waals surface area contributed by atoms with Crippen molar-refractivity contribution in [3.63, 3.8) is 0 Å². The van der Waals surface area contributed by atoms with Gasteiger partial charge < -0.3 is 15.2 Å². The number of aryl methyl sites for hydroxylation is 1. The highest BCUT2D eigenvalue weighted by Gasteiger charge is 2.41. The van der Waals surface area contributed by atoms with Gasteiger partial charge in [0.1, 0.15) is 12.4 Å². The average molecular weight is 309 g/mol. The van der Waals surface area contributed by atoms with Gasteiger partial charge in [-0.3, -0.25) is 4.79 Å². The quantitative estimate of drug-likeness (QED) is 0.807. The molecule has 23 heavy (non-hydrogen) atoms. The molecule has 2 aromatic rings. The molecule has 0 radical (unpaired) electrons. The van der Waals surface area contributed by atoms with Crippen LogP contribution in [0, 0.1) is 0 Å². The molecule has 3 rings (SSSR count). The molecule has 0 aliphatic carbocycles. The predicted octanol–water partition coefficient (Wildman–Crippen LogP) is 2.77. The topological polar surface area (TPSA) is 58.6 Å². The third-order valence-corrected chi connectivity index (χ3v) is 3.99. The number of benzene rings is 2. The van der Waals surface area contributed by atoms with Gasteiger partial charge in [-0.2, -0.15) is 0 Å². The molecule has 0 fully saturated rings. The number of aliphatic hydroxyl groups is 1. The molecular formula is C19H19NO3. The van der Waals surface area contributed by atoms with E-state index in [9.17, 15) is 9.90 Å². The SMILES string of the molecule is C=CCOc1ccc2c(c1)C(O)(CCc1ccccc1)NC2=O. The van der Waals surface area contributed by atoms with Crippen LogP contribution in [0.15, 0.2) is 61.2 Å². The molecule has 4 nitrogen and oxygen atoms in total. The first-order valence-corrected chi connectivity index (χ1v) is 7.59. The summed E-state index contributed by atoms with van der Waals surface area (Å²) < 4.78 is 5.50. The van der Waals surface area contributed by atoms with Crippen molar-refractivity contribution in [2.45, 2.75) is 18.6 Å². The molecule has 2 aromatic carbocycles. The van der Waals surface area contributed by atoms with E-state index >= 15 is 0 Å². The Kier molecular flexibility index (Phi) is 4.17. The molecule has 1 heterocycles. The van der Waals surface area contributed by atoms with Crippen LogP contribution in [0.5, 0.6) is 5.75 Å². The maximum absolute atomic E-state index is 12.1. The maximum Gasteiger partial charge on any atom is 0.254 e. The van der Waals surface area contributed by atoms with E-state index in [0.717, 1.165) is 5.56 Å². The zero-order valence-electron chi connectivity index (χ0n) is 12.8. The first-order valence-electron chi connectivity index (χ1n) is 7.59. The van der Waals surface area contributed by atoms with E-state index in [0.29, 0.717) is 36.3 Å². The number of nitrogens with one attached hydrogen (secondary N) is 1. The van der Waals surface area contributed by atoms with Crippen molar-refractivity contribution in [1.82, 2.24) is 5.32 Å². The summed E-state index contributed by atoms with van der Waals surface area (Å²) in [5.74, 6) is 0.351. The standard InChI is InChI=1S/C19H19NO3/c1-2-12-23-15-8-9-16-17(13-15)19(22,20-18(16)21)11-10-14-6-4-3-5-7-14/h2-9,13,22H,1,10-12H2,(H,20,21). The van der Waals surface area contributed by atoms with Gasteiger partial charge in [0.05, 0.1) is 0 Å². The summed E-state index contributed by atoms with van der Waals surface area (Å²) in [5, 5.41) is 13.6. The lowest BCUT2D eigenvalue weighted by atomic mass is 9.95. The van der Waals surface area contributed by atoms with Crippen LogP contribution in [0.1, 0.15) is 27.9 Å². The van der Waals surface area contributed by atoms with Gasteiger partial charge >= 0.3 is 0 Å². The highest BCUT2D eigenvalue weighted by atomic mass is 16.5. The maximum atomic E-state index is 12.1. The first kappa shape index (κ1) is 15.3. The third kappa shape index (κ3) is 3.12. The van der Waals surface area contributed by atoms with Crippen LogP contribution in [0.25, 0.3) is 0 Å². The van der Waals surface area contributed by atoms with E-state index in [-0.39, 0.29) is 5.91 Å². The number of fused-ring (bicyclic) bond motifs is 1. The average Bonchev–Trinajstić information content (AvgIpc) is 2.83. The van der Waals surface area contributed by atoms with E-state index in [1.165, 1.54) is 0 Å². The number of hydrogen-bond donors (Lipinski definition) is 2. The van der Waals surface area contributed by atoms with Crippen molar-refractivity contribution in [1.29, 1.82) is 0 Å². The summed E-state index contributed by atoms with van der Waals surface area (Å²) in [6.45, 7) is 3.99. The lowest BCUT2D eigenvalue weighted by molar-refractivity contribution is 0.00551. The molecule has 0 saturated carbocycles. The molecule has 0 aromatic heterocycles. The number of amides is 1. The summed E-state index contributed by atoms with van der Waals surface area (Å²) in [6, 6.07) is 15.0. The summed E-state index contributed by atoms with van der Waals surface area (Å²) in [6.07, 6.45) is 2.72. The summed E-state index contributed by atoms with van der Waals surface area (Å²) in [5.41, 5.74) is 0.810. The van der Waals surface area contributed by atoms with Gasteiger partial charge in [0.25, 0.3) is 5.91 Å². The van der Waals surface area contributed by atoms with E-state index in [1.54, 1.807) is 24.3 Å². The fraction of sp³-hybridized carbons (Fsp3) is 0.211. The molecule has 118 valence electrons. The minimum absolute atomic E-state index is 0.258. The lowest BCUT2D eigenvalue weighted by Crippen LogP contribution is -2.39. The fourth-order valence-electron chi connectivity index (χ4n) is 2.80. The van der Waals surface area contributed by atoms with E-state index in [4.69, 9.17) is 4.74 Å². The molecular weight excluding hydrogens is 290 g/mol. The van der Waals surface area contributed by atoms with Gasteiger partial charge in [-0.1, -0.05) is 43.0 Å². The van der Waals surface area contributed by atoms with Crippen molar-refractivity contribution >= 4 is 5.91 Å².